The minimum Gasteiger partial charge on any atom is -0.468 e. The van der Waals surface area contributed by atoms with E-state index in [0.717, 1.165) is 18.8 Å². The molecule has 0 aliphatic rings. The van der Waals surface area contributed by atoms with Crippen molar-refractivity contribution in [2.75, 3.05) is 25.0 Å². The number of aromatic nitrogens is 1. The average Bonchev–Trinajstić information content (AvgIpc) is 3.06. The maximum absolute atomic E-state index is 8.84. The third kappa shape index (κ3) is 3.79. The average molecular weight is 319 g/mol. The fraction of sp³-hybridized carbons (Fsp3) is 0.375. The van der Waals surface area contributed by atoms with Crippen LogP contribution in [0.2, 0.25) is 5.02 Å². The van der Waals surface area contributed by atoms with Gasteiger partial charge in [-0.05, 0) is 31.3 Å². The number of hydrogen-bond acceptors (Lipinski definition) is 5. The Labute approximate surface area is 135 Å². The first-order valence-electron chi connectivity index (χ1n) is 7.26. The van der Waals surface area contributed by atoms with Crippen LogP contribution in [0.25, 0.3) is 0 Å². The van der Waals surface area contributed by atoms with Crippen molar-refractivity contribution < 1.29 is 4.42 Å². The number of nitrogens with zero attached hydrogens (tertiary/aromatic N) is 3. The largest absolute Gasteiger partial charge is 0.468 e. The van der Waals surface area contributed by atoms with E-state index in [4.69, 9.17) is 21.3 Å². The molecule has 0 amide bonds. The zero-order valence-corrected chi connectivity index (χ0v) is 13.5. The van der Waals surface area contributed by atoms with Gasteiger partial charge in [-0.1, -0.05) is 25.4 Å². The van der Waals surface area contributed by atoms with Crippen molar-refractivity contribution in [1.82, 2.24) is 9.88 Å². The first-order valence-corrected chi connectivity index (χ1v) is 7.64. The molecule has 0 bridgehead atoms. The van der Waals surface area contributed by atoms with Crippen LogP contribution >= 0.6 is 11.6 Å². The number of anilines is 1. The Hall–Kier alpha value is -2.03. The Kier molecular flexibility index (Phi) is 5.82. The van der Waals surface area contributed by atoms with E-state index >= 15 is 0 Å². The van der Waals surface area contributed by atoms with Gasteiger partial charge in [-0.25, -0.2) is 4.98 Å². The highest BCUT2D eigenvalue weighted by atomic mass is 35.5. The van der Waals surface area contributed by atoms with Crippen LogP contribution < -0.4 is 5.32 Å². The van der Waals surface area contributed by atoms with Crippen LogP contribution in [0.3, 0.4) is 0 Å². The summed E-state index contributed by atoms with van der Waals surface area (Å²) >= 11 is 6.15. The molecule has 0 saturated carbocycles. The standard InChI is InChI=1S/C16H19ClN4O/c1-3-21(4-2)14(15-6-5-7-22-15)11-20-16-13(17)8-12(9-18)10-19-16/h5-8,10,14H,3-4,11H2,1-2H3,(H,19,20). The number of rotatable bonds is 7. The molecule has 0 aliphatic carbocycles. The van der Waals surface area contributed by atoms with Crippen LogP contribution in [0.4, 0.5) is 5.82 Å². The molecule has 0 saturated heterocycles. The second kappa shape index (κ2) is 7.83. The topological polar surface area (TPSA) is 65.1 Å². The summed E-state index contributed by atoms with van der Waals surface area (Å²) in [6.07, 6.45) is 3.19. The van der Waals surface area contributed by atoms with Crippen LogP contribution in [-0.2, 0) is 0 Å². The van der Waals surface area contributed by atoms with Gasteiger partial charge in [0.1, 0.15) is 17.6 Å². The van der Waals surface area contributed by atoms with Gasteiger partial charge in [-0.2, -0.15) is 5.26 Å². The van der Waals surface area contributed by atoms with E-state index in [1.807, 2.05) is 18.2 Å². The number of halogens is 1. The van der Waals surface area contributed by atoms with Crippen LogP contribution in [0.5, 0.6) is 0 Å². The SMILES string of the molecule is CCN(CC)C(CNc1ncc(C#N)cc1Cl)c1ccco1. The summed E-state index contributed by atoms with van der Waals surface area (Å²) in [6, 6.07) is 7.58. The lowest BCUT2D eigenvalue weighted by atomic mass is 10.2. The molecular weight excluding hydrogens is 300 g/mol. The van der Waals surface area contributed by atoms with Gasteiger partial charge in [-0.15, -0.1) is 0 Å². The normalized spacial score (nSPS) is 12.1. The van der Waals surface area contributed by atoms with Crippen molar-refractivity contribution in [2.45, 2.75) is 19.9 Å². The summed E-state index contributed by atoms with van der Waals surface area (Å²) in [5.74, 6) is 1.48. The van der Waals surface area contributed by atoms with Crippen LogP contribution in [-0.4, -0.2) is 29.5 Å². The quantitative estimate of drug-likeness (QED) is 0.843. The first-order chi connectivity index (χ1) is 10.7. The molecule has 2 rings (SSSR count). The molecule has 2 heterocycles. The summed E-state index contributed by atoms with van der Waals surface area (Å²) in [4.78, 5) is 6.49. The Balaban J connectivity index is 2.13. The molecule has 1 N–H and O–H groups in total. The van der Waals surface area contributed by atoms with Crippen molar-refractivity contribution >= 4 is 17.4 Å². The summed E-state index contributed by atoms with van der Waals surface area (Å²) in [5, 5.41) is 12.5. The van der Waals surface area contributed by atoms with Gasteiger partial charge in [0.05, 0.1) is 22.9 Å². The number of likely N-dealkylation sites (N-methyl/N-ethyl adjacent to an activating group) is 1. The van der Waals surface area contributed by atoms with E-state index in [1.165, 1.54) is 6.20 Å². The van der Waals surface area contributed by atoms with Gasteiger partial charge < -0.3 is 9.73 Å². The van der Waals surface area contributed by atoms with Crippen molar-refractivity contribution in [1.29, 1.82) is 5.26 Å². The molecule has 5 nitrogen and oxygen atoms in total. The van der Waals surface area contributed by atoms with Gasteiger partial charge in [-0.3, -0.25) is 4.90 Å². The van der Waals surface area contributed by atoms with E-state index < -0.39 is 0 Å². The molecule has 0 radical (unpaired) electrons. The molecule has 0 spiro atoms. The number of nitriles is 1. The summed E-state index contributed by atoms with van der Waals surface area (Å²) in [7, 11) is 0. The highest BCUT2D eigenvalue weighted by molar-refractivity contribution is 6.33. The monoisotopic (exact) mass is 318 g/mol. The molecule has 116 valence electrons. The highest BCUT2D eigenvalue weighted by Crippen LogP contribution is 2.24. The third-order valence-electron chi connectivity index (χ3n) is 3.56. The number of pyridine rings is 1. The minimum absolute atomic E-state index is 0.0958. The Morgan fingerprint density at radius 1 is 1.45 bits per heavy atom. The molecule has 22 heavy (non-hydrogen) atoms. The van der Waals surface area contributed by atoms with Gasteiger partial charge in [0.15, 0.2) is 0 Å². The maximum atomic E-state index is 8.84. The number of furan rings is 1. The zero-order chi connectivity index (χ0) is 15.9. The summed E-state index contributed by atoms with van der Waals surface area (Å²) < 4.78 is 5.56. The fourth-order valence-electron chi connectivity index (χ4n) is 2.38. The van der Waals surface area contributed by atoms with Gasteiger partial charge in [0.25, 0.3) is 0 Å². The highest BCUT2D eigenvalue weighted by Gasteiger charge is 2.20. The fourth-order valence-corrected chi connectivity index (χ4v) is 2.61. The van der Waals surface area contributed by atoms with Crippen molar-refractivity contribution in [3.8, 4) is 6.07 Å². The van der Waals surface area contributed by atoms with Gasteiger partial charge >= 0.3 is 0 Å². The van der Waals surface area contributed by atoms with Crippen molar-refractivity contribution in [3.63, 3.8) is 0 Å². The predicted molar refractivity (Wildman–Crippen MR) is 86.8 cm³/mol. The van der Waals surface area contributed by atoms with E-state index in [0.29, 0.717) is 22.9 Å². The Bertz CT molecular complexity index is 632. The number of nitrogens with one attached hydrogen (secondary N) is 1. The molecule has 6 heteroatoms. The summed E-state index contributed by atoms with van der Waals surface area (Å²) in [5.41, 5.74) is 0.446. The minimum atomic E-state index is 0.0958. The van der Waals surface area contributed by atoms with Crippen molar-refractivity contribution in [2.24, 2.45) is 0 Å². The Morgan fingerprint density at radius 3 is 2.77 bits per heavy atom. The molecule has 0 aromatic carbocycles. The molecule has 0 aliphatic heterocycles. The second-order valence-corrected chi connectivity index (χ2v) is 5.21. The molecule has 1 atom stereocenters. The molecule has 2 aromatic heterocycles. The Morgan fingerprint density at radius 2 is 2.23 bits per heavy atom. The van der Waals surface area contributed by atoms with Gasteiger partial charge in [0.2, 0.25) is 0 Å². The smallest absolute Gasteiger partial charge is 0.144 e. The molecule has 1 unspecified atom stereocenters. The molecular formula is C16H19ClN4O. The van der Waals surface area contributed by atoms with Crippen molar-refractivity contribution in [3.05, 3.63) is 47.0 Å². The van der Waals surface area contributed by atoms with E-state index in [-0.39, 0.29) is 6.04 Å². The van der Waals surface area contributed by atoms with Crippen LogP contribution in [0.1, 0.15) is 31.2 Å². The van der Waals surface area contributed by atoms with E-state index in [2.05, 4.69) is 29.0 Å². The number of hydrogen-bond donors (Lipinski definition) is 1. The second-order valence-electron chi connectivity index (χ2n) is 4.80. The lowest BCUT2D eigenvalue weighted by Crippen LogP contribution is -2.33. The van der Waals surface area contributed by atoms with Gasteiger partial charge in [0, 0.05) is 12.7 Å². The van der Waals surface area contributed by atoms with Crippen LogP contribution in [0, 0.1) is 11.3 Å². The van der Waals surface area contributed by atoms with E-state index in [9.17, 15) is 0 Å². The third-order valence-corrected chi connectivity index (χ3v) is 3.85. The molecule has 2 aromatic rings. The lowest BCUT2D eigenvalue weighted by molar-refractivity contribution is 0.202. The summed E-state index contributed by atoms with van der Waals surface area (Å²) in [6.45, 7) is 6.68. The van der Waals surface area contributed by atoms with E-state index in [1.54, 1.807) is 12.3 Å². The zero-order valence-electron chi connectivity index (χ0n) is 12.7. The predicted octanol–water partition coefficient (Wildman–Crippen LogP) is 3.69. The van der Waals surface area contributed by atoms with Crippen LogP contribution in [0.15, 0.2) is 35.1 Å². The lowest BCUT2D eigenvalue weighted by Gasteiger charge is -2.28. The first kappa shape index (κ1) is 16.3. The molecule has 0 fully saturated rings. The maximum Gasteiger partial charge on any atom is 0.144 e.